The van der Waals surface area contributed by atoms with E-state index in [9.17, 15) is 31.2 Å². The Morgan fingerprint density at radius 2 is 1.71 bits per heavy atom. The van der Waals surface area contributed by atoms with Crippen molar-refractivity contribution in [2.75, 3.05) is 26.0 Å². The Hall–Kier alpha value is -4.13. The summed E-state index contributed by atoms with van der Waals surface area (Å²) >= 11 is 0. The van der Waals surface area contributed by atoms with Crippen LogP contribution in [0.2, 0.25) is 0 Å². The van der Waals surface area contributed by atoms with Gasteiger partial charge in [0.25, 0.3) is 5.91 Å². The van der Waals surface area contributed by atoms with Crippen molar-refractivity contribution in [2.45, 2.75) is 32.0 Å². The molecule has 3 aromatic rings. The summed E-state index contributed by atoms with van der Waals surface area (Å²) in [5.41, 5.74) is 2.71. The molecule has 4 rings (SSSR count). The normalized spacial score (nSPS) is 14.3. The molecule has 2 heterocycles. The van der Waals surface area contributed by atoms with Crippen LogP contribution in [0.25, 0.3) is 11.1 Å². The van der Waals surface area contributed by atoms with Crippen molar-refractivity contribution >= 4 is 21.8 Å². The second-order valence-corrected chi connectivity index (χ2v) is 11.8. The number of alkyl halides is 3. The van der Waals surface area contributed by atoms with E-state index in [-0.39, 0.29) is 31.2 Å². The second kappa shape index (κ2) is 13.2. The number of sulfonamides is 1. The topological polar surface area (TPSA) is 115 Å². The van der Waals surface area contributed by atoms with Crippen LogP contribution in [0.5, 0.6) is 11.6 Å². The molecule has 1 N–H and O–H groups in total. The van der Waals surface area contributed by atoms with Crippen LogP contribution in [-0.2, 0) is 21.4 Å². The number of pyridine rings is 1. The molecule has 1 aliphatic rings. The number of amides is 2. The molecule has 0 saturated carbocycles. The fourth-order valence-corrected chi connectivity index (χ4v) is 4.84. The summed E-state index contributed by atoms with van der Waals surface area (Å²) in [5.74, 6) is -0.427. The highest BCUT2D eigenvalue weighted by Gasteiger charge is 2.34. The summed E-state index contributed by atoms with van der Waals surface area (Å²) in [6.07, 6.45) is -2.20. The van der Waals surface area contributed by atoms with Gasteiger partial charge < -0.3 is 14.4 Å². The van der Waals surface area contributed by atoms with Crippen molar-refractivity contribution in [3.05, 3.63) is 78.0 Å². The molecular formula is C29H30F3N3O6S. The summed E-state index contributed by atoms with van der Waals surface area (Å²) < 4.78 is 73.5. The van der Waals surface area contributed by atoms with Crippen LogP contribution in [0.1, 0.15) is 35.2 Å². The van der Waals surface area contributed by atoms with Gasteiger partial charge in [-0.05, 0) is 60.2 Å². The average Bonchev–Trinajstić information content (AvgIpc) is 2.94. The first-order valence-corrected chi connectivity index (χ1v) is 15.0. The SMILES string of the molecule is CS(=O)(=O)NC(=O)c1ccc(COc2cccc(-c3ccc(OCC4CCN(C(=O)CC(F)(F)F)CC4)nc3)c2)cc1. The first-order valence-electron chi connectivity index (χ1n) is 13.1. The van der Waals surface area contributed by atoms with E-state index in [1.165, 1.54) is 17.0 Å². The maximum absolute atomic E-state index is 12.5. The number of likely N-dealkylation sites (tertiary alicyclic amines) is 1. The number of hydrogen-bond acceptors (Lipinski definition) is 7. The molecule has 0 radical (unpaired) electrons. The van der Waals surface area contributed by atoms with Crippen LogP contribution >= 0.6 is 0 Å². The smallest absolute Gasteiger partial charge is 0.397 e. The van der Waals surface area contributed by atoms with E-state index in [0.29, 0.717) is 31.1 Å². The third-order valence-corrected chi connectivity index (χ3v) is 7.15. The molecule has 2 aromatic carbocycles. The minimum absolute atomic E-state index is 0.121. The van der Waals surface area contributed by atoms with Crippen LogP contribution in [0.3, 0.4) is 0 Å². The van der Waals surface area contributed by atoms with Gasteiger partial charge in [-0.15, -0.1) is 0 Å². The average molecular weight is 606 g/mol. The van der Waals surface area contributed by atoms with Crippen molar-refractivity contribution in [3.8, 4) is 22.8 Å². The molecule has 0 atom stereocenters. The molecule has 2 amide bonds. The molecule has 0 unspecified atom stereocenters. The van der Waals surface area contributed by atoms with Crippen LogP contribution in [0.15, 0.2) is 66.9 Å². The summed E-state index contributed by atoms with van der Waals surface area (Å²) in [4.78, 5) is 29.3. The van der Waals surface area contributed by atoms with E-state index in [1.807, 2.05) is 35.1 Å². The number of nitrogens with zero attached hydrogens (tertiary/aromatic N) is 2. The monoisotopic (exact) mass is 605 g/mol. The molecule has 0 bridgehead atoms. The maximum atomic E-state index is 12.5. The Morgan fingerprint density at radius 1 is 1.00 bits per heavy atom. The fraction of sp³-hybridized carbons (Fsp3) is 0.345. The number of aromatic nitrogens is 1. The van der Waals surface area contributed by atoms with Gasteiger partial charge in [0.15, 0.2) is 0 Å². The zero-order chi connectivity index (χ0) is 30.3. The van der Waals surface area contributed by atoms with Gasteiger partial charge in [-0.2, -0.15) is 13.2 Å². The van der Waals surface area contributed by atoms with Gasteiger partial charge in [0, 0.05) is 36.5 Å². The highest BCUT2D eigenvalue weighted by Crippen LogP contribution is 2.27. The van der Waals surface area contributed by atoms with Crippen LogP contribution in [-0.4, -0.2) is 62.2 Å². The maximum Gasteiger partial charge on any atom is 0.397 e. The number of carbonyl (C=O) groups is 2. The number of nitrogens with one attached hydrogen (secondary N) is 1. The largest absolute Gasteiger partial charge is 0.489 e. The fourth-order valence-electron chi connectivity index (χ4n) is 4.38. The molecular weight excluding hydrogens is 575 g/mol. The molecule has 9 nitrogen and oxygen atoms in total. The quantitative estimate of drug-likeness (QED) is 0.360. The summed E-state index contributed by atoms with van der Waals surface area (Å²) in [5, 5.41) is 0. The van der Waals surface area contributed by atoms with E-state index in [0.717, 1.165) is 22.9 Å². The summed E-state index contributed by atoms with van der Waals surface area (Å²) in [6.45, 7) is 1.15. The first-order chi connectivity index (χ1) is 19.8. The van der Waals surface area contributed by atoms with Crippen LogP contribution in [0, 0.1) is 5.92 Å². The highest BCUT2D eigenvalue weighted by molar-refractivity contribution is 7.89. The van der Waals surface area contributed by atoms with E-state index in [4.69, 9.17) is 9.47 Å². The number of hydrogen-bond donors (Lipinski definition) is 1. The zero-order valence-corrected chi connectivity index (χ0v) is 23.6. The Morgan fingerprint density at radius 3 is 2.33 bits per heavy atom. The predicted octanol–water partition coefficient (Wildman–Crippen LogP) is 4.59. The van der Waals surface area contributed by atoms with Crippen molar-refractivity contribution in [1.29, 1.82) is 0 Å². The third-order valence-electron chi connectivity index (χ3n) is 6.59. The molecule has 0 spiro atoms. The molecule has 1 saturated heterocycles. The minimum atomic E-state index is -4.50. The van der Waals surface area contributed by atoms with E-state index in [1.54, 1.807) is 24.4 Å². The molecule has 1 aromatic heterocycles. The van der Waals surface area contributed by atoms with Gasteiger partial charge in [0.05, 0.1) is 12.9 Å². The minimum Gasteiger partial charge on any atom is -0.489 e. The number of piperidine rings is 1. The van der Waals surface area contributed by atoms with Crippen LogP contribution < -0.4 is 14.2 Å². The predicted molar refractivity (Wildman–Crippen MR) is 148 cm³/mol. The van der Waals surface area contributed by atoms with Crippen molar-refractivity contribution in [1.82, 2.24) is 14.6 Å². The Kier molecular flexibility index (Phi) is 9.71. The molecule has 42 heavy (non-hydrogen) atoms. The van der Waals surface area contributed by atoms with Gasteiger partial charge in [-0.1, -0.05) is 24.3 Å². The van der Waals surface area contributed by atoms with Gasteiger partial charge in [0.2, 0.25) is 21.8 Å². The van der Waals surface area contributed by atoms with Crippen molar-refractivity contribution < 1.29 is 40.7 Å². The summed E-state index contributed by atoms with van der Waals surface area (Å²) in [6, 6.07) is 17.4. The van der Waals surface area contributed by atoms with Crippen LogP contribution in [0.4, 0.5) is 13.2 Å². The molecule has 13 heteroatoms. The van der Waals surface area contributed by atoms with Gasteiger partial charge in [0.1, 0.15) is 18.8 Å². The van der Waals surface area contributed by atoms with E-state index < -0.39 is 34.4 Å². The highest BCUT2D eigenvalue weighted by atomic mass is 32.2. The number of halogens is 3. The number of ether oxygens (including phenoxy) is 2. The number of benzene rings is 2. The Labute approximate surface area is 241 Å². The third kappa shape index (κ3) is 9.47. The standard InChI is InChI=1S/C29H30F3N3O6S/c1-42(38,39)34-28(37)22-7-5-20(6-8-22)18-40-25-4-2-3-23(15-25)24-9-10-26(33-17-24)41-19-21-11-13-35(14-12-21)27(36)16-29(30,31)32/h2-10,15,17,21H,11-14,16,18-19H2,1H3,(H,34,37). The lowest BCUT2D eigenvalue weighted by molar-refractivity contribution is -0.162. The zero-order valence-electron chi connectivity index (χ0n) is 22.8. The van der Waals surface area contributed by atoms with Gasteiger partial charge in [-0.3, -0.25) is 9.59 Å². The van der Waals surface area contributed by atoms with Gasteiger partial charge >= 0.3 is 6.18 Å². The number of carbonyl (C=O) groups excluding carboxylic acids is 2. The summed E-state index contributed by atoms with van der Waals surface area (Å²) in [7, 11) is -3.65. The molecule has 1 fully saturated rings. The molecule has 0 aliphatic carbocycles. The number of rotatable bonds is 10. The molecule has 1 aliphatic heterocycles. The Balaban J connectivity index is 1.25. The Bertz CT molecular complexity index is 1490. The lowest BCUT2D eigenvalue weighted by atomic mass is 9.97. The molecule has 224 valence electrons. The van der Waals surface area contributed by atoms with Crippen molar-refractivity contribution in [2.24, 2.45) is 5.92 Å². The second-order valence-electron chi connectivity index (χ2n) is 10.0. The lowest BCUT2D eigenvalue weighted by Crippen LogP contribution is -2.41. The van der Waals surface area contributed by atoms with E-state index >= 15 is 0 Å². The van der Waals surface area contributed by atoms with Crippen molar-refractivity contribution in [3.63, 3.8) is 0 Å². The van der Waals surface area contributed by atoms with Gasteiger partial charge in [-0.25, -0.2) is 18.1 Å². The lowest BCUT2D eigenvalue weighted by Gasteiger charge is -2.32. The first kappa shape index (κ1) is 30.8. The van der Waals surface area contributed by atoms with E-state index in [2.05, 4.69) is 4.98 Å².